The summed E-state index contributed by atoms with van der Waals surface area (Å²) in [5, 5.41) is 2.55. The summed E-state index contributed by atoms with van der Waals surface area (Å²) in [4.78, 5) is 11.4. The minimum Gasteiger partial charge on any atom is -0.464 e. The second-order valence-electron chi connectivity index (χ2n) is 3.95. The predicted octanol–water partition coefficient (Wildman–Crippen LogP) is 3.74. The first-order chi connectivity index (χ1) is 8.20. The van der Waals surface area contributed by atoms with E-state index in [1.54, 1.807) is 6.26 Å². The molecule has 0 aliphatic carbocycles. The Morgan fingerprint density at radius 3 is 2.88 bits per heavy atom. The molecule has 0 saturated carbocycles. The Hall–Kier alpha value is -1.55. The van der Waals surface area contributed by atoms with Crippen LogP contribution in [0.1, 0.15) is 11.1 Å². The van der Waals surface area contributed by atoms with Crippen molar-refractivity contribution in [3.05, 3.63) is 46.0 Å². The molecular weight excluding hydrogens is 284 g/mol. The number of benzene rings is 1. The number of fused-ring (bicyclic) bond motifs is 2. The summed E-state index contributed by atoms with van der Waals surface area (Å²) >= 11 is 3.41. The van der Waals surface area contributed by atoms with Gasteiger partial charge in [0.15, 0.2) is 0 Å². The van der Waals surface area contributed by atoms with Gasteiger partial charge in [0, 0.05) is 27.7 Å². The van der Waals surface area contributed by atoms with E-state index in [0.29, 0.717) is 10.9 Å². The Morgan fingerprint density at radius 1 is 1.29 bits per heavy atom. The molecule has 86 valence electrons. The summed E-state index contributed by atoms with van der Waals surface area (Å²) in [5.41, 5.74) is 2.84. The number of rotatable bonds is 1. The van der Waals surface area contributed by atoms with Crippen LogP contribution in [-0.2, 0) is 5.33 Å². The SMILES string of the molecule is Cc1cc(=O)oc2c(CBr)c3occc3cc12. The lowest BCUT2D eigenvalue weighted by Gasteiger charge is -2.05. The van der Waals surface area contributed by atoms with Gasteiger partial charge in [-0.3, -0.25) is 0 Å². The molecule has 0 N–H and O–H groups in total. The fourth-order valence-electron chi connectivity index (χ4n) is 2.08. The van der Waals surface area contributed by atoms with E-state index in [9.17, 15) is 4.79 Å². The minimum atomic E-state index is -0.330. The molecular formula is C13H9BrO3. The number of hydrogen-bond acceptors (Lipinski definition) is 3. The summed E-state index contributed by atoms with van der Waals surface area (Å²) in [6, 6.07) is 5.40. The van der Waals surface area contributed by atoms with Crippen molar-refractivity contribution in [1.29, 1.82) is 0 Å². The van der Waals surface area contributed by atoms with Crippen LogP contribution in [-0.4, -0.2) is 0 Å². The van der Waals surface area contributed by atoms with Gasteiger partial charge >= 0.3 is 5.63 Å². The Bertz CT molecular complexity index is 767. The van der Waals surface area contributed by atoms with Crippen molar-refractivity contribution >= 4 is 37.9 Å². The van der Waals surface area contributed by atoms with Gasteiger partial charge in [-0.25, -0.2) is 4.79 Å². The van der Waals surface area contributed by atoms with Crippen LogP contribution in [0, 0.1) is 6.92 Å². The lowest BCUT2D eigenvalue weighted by atomic mass is 10.1. The number of halogens is 1. The summed E-state index contributed by atoms with van der Waals surface area (Å²) in [6.45, 7) is 1.91. The lowest BCUT2D eigenvalue weighted by molar-refractivity contribution is 0.555. The summed E-state index contributed by atoms with van der Waals surface area (Å²) in [7, 11) is 0. The zero-order chi connectivity index (χ0) is 12.0. The van der Waals surface area contributed by atoms with Gasteiger partial charge < -0.3 is 8.83 Å². The van der Waals surface area contributed by atoms with E-state index in [1.165, 1.54) is 6.07 Å². The summed E-state index contributed by atoms with van der Waals surface area (Å²) < 4.78 is 10.7. The molecule has 1 aromatic carbocycles. The van der Waals surface area contributed by atoms with Crippen molar-refractivity contribution < 1.29 is 8.83 Å². The van der Waals surface area contributed by atoms with E-state index >= 15 is 0 Å². The van der Waals surface area contributed by atoms with Crippen molar-refractivity contribution in [2.75, 3.05) is 0 Å². The molecule has 0 atom stereocenters. The topological polar surface area (TPSA) is 43.4 Å². The van der Waals surface area contributed by atoms with Gasteiger partial charge in [0.25, 0.3) is 0 Å². The Kier molecular flexibility index (Phi) is 2.33. The molecule has 2 heterocycles. The molecule has 0 aliphatic heterocycles. The minimum absolute atomic E-state index is 0.330. The maximum atomic E-state index is 11.4. The van der Waals surface area contributed by atoms with E-state index in [4.69, 9.17) is 8.83 Å². The van der Waals surface area contributed by atoms with Gasteiger partial charge in [-0.15, -0.1) is 0 Å². The van der Waals surface area contributed by atoms with Gasteiger partial charge in [-0.2, -0.15) is 0 Å². The highest BCUT2D eigenvalue weighted by Gasteiger charge is 2.13. The van der Waals surface area contributed by atoms with E-state index in [0.717, 1.165) is 27.5 Å². The van der Waals surface area contributed by atoms with E-state index in [1.807, 2.05) is 19.1 Å². The predicted molar refractivity (Wildman–Crippen MR) is 69.6 cm³/mol. The van der Waals surface area contributed by atoms with E-state index < -0.39 is 0 Å². The molecule has 0 amide bonds. The van der Waals surface area contributed by atoms with Crippen LogP contribution in [0.15, 0.2) is 38.1 Å². The van der Waals surface area contributed by atoms with Gasteiger partial charge in [0.05, 0.1) is 6.26 Å². The van der Waals surface area contributed by atoms with Crippen LogP contribution in [0.2, 0.25) is 0 Å². The molecule has 3 rings (SSSR count). The van der Waals surface area contributed by atoms with Crippen molar-refractivity contribution in [2.24, 2.45) is 0 Å². The molecule has 0 fully saturated rings. The monoisotopic (exact) mass is 292 g/mol. The van der Waals surface area contributed by atoms with Crippen LogP contribution >= 0.6 is 15.9 Å². The smallest absolute Gasteiger partial charge is 0.336 e. The van der Waals surface area contributed by atoms with Crippen LogP contribution in [0.25, 0.3) is 21.9 Å². The molecule has 0 bridgehead atoms. The molecule has 2 aromatic heterocycles. The molecule has 4 heteroatoms. The fraction of sp³-hybridized carbons (Fsp3) is 0.154. The second kappa shape index (κ2) is 3.74. The maximum absolute atomic E-state index is 11.4. The third kappa shape index (κ3) is 1.52. The van der Waals surface area contributed by atoms with E-state index in [2.05, 4.69) is 15.9 Å². The van der Waals surface area contributed by atoms with Gasteiger partial charge in [-0.1, -0.05) is 15.9 Å². The lowest BCUT2D eigenvalue weighted by Crippen LogP contribution is -1.99. The van der Waals surface area contributed by atoms with Crippen molar-refractivity contribution in [1.82, 2.24) is 0 Å². The summed E-state index contributed by atoms with van der Waals surface area (Å²) in [5.74, 6) is 0. The van der Waals surface area contributed by atoms with Crippen LogP contribution in [0.3, 0.4) is 0 Å². The normalized spacial score (nSPS) is 11.4. The Morgan fingerprint density at radius 2 is 2.12 bits per heavy atom. The molecule has 3 nitrogen and oxygen atoms in total. The number of hydrogen-bond donors (Lipinski definition) is 0. The molecule has 0 aliphatic rings. The molecule has 3 aromatic rings. The van der Waals surface area contributed by atoms with Gasteiger partial charge in [-0.05, 0) is 24.6 Å². The standard InChI is InChI=1S/C13H9BrO3/c1-7-4-11(15)17-13-9(7)5-8-2-3-16-12(8)10(13)6-14/h2-5H,6H2,1H3. The first-order valence-corrected chi connectivity index (χ1v) is 6.32. The quantitative estimate of drug-likeness (QED) is 0.507. The zero-order valence-electron chi connectivity index (χ0n) is 9.12. The largest absolute Gasteiger partial charge is 0.464 e. The van der Waals surface area contributed by atoms with Crippen molar-refractivity contribution in [2.45, 2.75) is 12.3 Å². The van der Waals surface area contributed by atoms with Gasteiger partial charge in [0.2, 0.25) is 0 Å². The maximum Gasteiger partial charge on any atom is 0.336 e. The highest BCUT2D eigenvalue weighted by Crippen LogP contribution is 2.31. The van der Waals surface area contributed by atoms with Crippen molar-refractivity contribution in [3.63, 3.8) is 0 Å². The highest BCUT2D eigenvalue weighted by atomic mass is 79.9. The first-order valence-electron chi connectivity index (χ1n) is 5.20. The van der Waals surface area contributed by atoms with Crippen LogP contribution in [0.4, 0.5) is 0 Å². The third-order valence-electron chi connectivity index (χ3n) is 2.88. The number of alkyl halides is 1. The van der Waals surface area contributed by atoms with Crippen molar-refractivity contribution in [3.8, 4) is 0 Å². The average Bonchev–Trinajstić information content (AvgIpc) is 2.74. The van der Waals surface area contributed by atoms with E-state index in [-0.39, 0.29) is 5.63 Å². The molecule has 0 spiro atoms. The second-order valence-corrected chi connectivity index (χ2v) is 4.51. The zero-order valence-corrected chi connectivity index (χ0v) is 10.7. The average molecular weight is 293 g/mol. The van der Waals surface area contributed by atoms with Gasteiger partial charge in [0.1, 0.15) is 11.2 Å². The molecule has 0 unspecified atom stereocenters. The summed E-state index contributed by atoms with van der Waals surface area (Å²) in [6.07, 6.45) is 1.64. The first kappa shape index (κ1) is 10.6. The molecule has 17 heavy (non-hydrogen) atoms. The third-order valence-corrected chi connectivity index (χ3v) is 3.44. The number of aryl methyl sites for hydroxylation is 1. The fourth-order valence-corrected chi connectivity index (χ4v) is 2.59. The number of furan rings is 1. The Labute approximate surface area is 105 Å². The molecule has 0 saturated heterocycles. The highest BCUT2D eigenvalue weighted by molar-refractivity contribution is 9.08. The van der Waals surface area contributed by atoms with Crippen LogP contribution in [0.5, 0.6) is 0 Å². The Balaban J connectivity index is 2.63. The van der Waals surface area contributed by atoms with Crippen LogP contribution < -0.4 is 5.63 Å². The molecule has 0 radical (unpaired) electrons.